The van der Waals surface area contributed by atoms with Gasteiger partial charge in [0.1, 0.15) is 12.1 Å². The molecule has 0 heterocycles. The molecule has 0 unspecified atom stereocenters. The Bertz CT molecular complexity index is 872. The number of anilines is 2. The lowest BCUT2D eigenvalue weighted by Gasteiger charge is -2.19. The van der Waals surface area contributed by atoms with E-state index in [0.717, 1.165) is 5.56 Å². The van der Waals surface area contributed by atoms with Gasteiger partial charge in [0.05, 0.1) is 0 Å². The van der Waals surface area contributed by atoms with Crippen LogP contribution in [0.15, 0.2) is 48.5 Å². The summed E-state index contributed by atoms with van der Waals surface area (Å²) in [7, 11) is 0. The SMILES string of the molecule is Cc1ccccc1C(=O)Nc1cccc(NC(=O)CNC(=O)OC(C)(C)C)c1. The highest BCUT2D eigenvalue weighted by Crippen LogP contribution is 2.17. The minimum Gasteiger partial charge on any atom is -0.444 e. The van der Waals surface area contributed by atoms with Crippen molar-refractivity contribution in [1.29, 1.82) is 0 Å². The van der Waals surface area contributed by atoms with Crippen LogP contribution in [0.4, 0.5) is 16.2 Å². The molecule has 0 aliphatic heterocycles. The maximum absolute atomic E-state index is 12.4. The van der Waals surface area contributed by atoms with Crippen molar-refractivity contribution >= 4 is 29.3 Å². The first kappa shape index (κ1) is 21.0. The molecule has 2 aromatic rings. The Hall–Kier alpha value is -3.35. The Morgan fingerprint density at radius 3 is 2.21 bits per heavy atom. The quantitative estimate of drug-likeness (QED) is 0.733. The van der Waals surface area contributed by atoms with E-state index in [1.165, 1.54) is 0 Å². The van der Waals surface area contributed by atoms with Crippen LogP contribution in [0.2, 0.25) is 0 Å². The summed E-state index contributed by atoms with van der Waals surface area (Å²) in [6, 6.07) is 14.1. The zero-order valence-electron chi connectivity index (χ0n) is 16.5. The molecule has 0 radical (unpaired) electrons. The standard InChI is InChI=1S/C21H25N3O4/c1-14-8-5-6-11-17(14)19(26)24-16-10-7-9-15(12-16)23-18(25)13-22-20(27)28-21(2,3)4/h5-12H,13H2,1-4H3,(H,22,27)(H,23,25)(H,24,26). The van der Waals surface area contributed by atoms with E-state index in [1.54, 1.807) is 57.2 Å². The number of rotatable bonds is 5. The molecule has 3 N–H and O–H groups in total. The maximum Gasteiger partial charge on any atom is 0.408 e. The summed E-state index contributed by atoms with van der Waals surface area (Å²) in [6.07, 6.45) is -0.665. The van der Waals surface area contributed by atoms with Gasteiger partial charge in [0.15, 0.2) is 0 Å². The number of hydrogen-bond acceptors (Lipinski definition) is 4. The number of hydrogen-bond donors (Lipinski definition) is 3. The van der Waals surface area contributed by atoms with Gasteiger partial charge in [-0.3, -0.25) is 9.59 Å². The smallest absolute Gasteiger partial charge is 0.408 e. The first-order valence-corrected chi connectivity index (χ1v) is 8.88. The van der Waals surface area contributed by atoms with Crippen LogP contribution in [0.3, 0.4) is 0 Å². The van der Waals surface area contributed by atoms with E-state index >= 15 is 0 Å². The minimum absolute atomic E-state index is 0.227. The zero-order chi connectivity index (χ0) is 20.7. The van der Waals surface area contributed by atoms with Crippen LogP contribution in [0.5, 0.6) is 0 Å². The van der Waals surface area contributed by atoms with E-state index in [0.29, 0.717) is 16.9 Å². The number of nitrogens with one attached hydrogen (secondary N) is 3. The molecule has 0 aliphatic carbocycles. The monoisotopic (exact) mass is 383 g/mol. The van der Waals surface area contributed by atoms with Crippen LogP contribution in [-0.2, 0) is 9.53 Å². The summed E-state index contributed by atoms with van der Waals surface area (Å²) in [5, 5.41) is 7.86. The van der Waals surface area contributed by atoms with Gasteiger partial charge in [-0.2, -0.15) is 0 Å². The van der Waals surface area contributed by atoms with Crippen molar-refractivity contribution in [2.45, 2.75) is 33.3 Å². The molecule has 7 heteroatoms. The molecule has 0 fully saturated rings. The molecule has 2 aromatic carbocycles. The maximum atomic E-state index is 12.4. The van der Waals surface area contributed by atoms with Crippen molar-refractivity contribution in [3.8, 4) is 0 Å². The van der Waals surface area contributed by atoms with Gasteiger partial charge in [-0.1, -0.05) is 24.3 Å². The Morgan fingerprint density at radius 1 is 0.929 bits per heavy atom. The summed E-state index contributed by atoms with van der Waals surface area (Å²) >= 11 is 0. The average Bonchev–Trinajstić information content (AvgIpc) is 2.59. The third-order valence-corrected chi connectivity index (χ3v) is 3.59. The van der Waals surface area contributed by atoms with Crippen molar-refractivity contribution in [2.75, 3.05) is 17.2 Å². The van der Waals surface area contributed by atoms with Gasteiger partial charge >= 0.3 is 6.09 Å². The van der Waals surface area contributed by atoms with Gasteiger partial charge in [-0.05, 0) is 57.5 Å². The van der Waals surface area contributed by atoms with Crippen LogP contribution in [0.25, 0.3) is 0 Å². The minimum atomic E-state index is -0.665. The fourth-order valence-electron chi connectivity index (χ4n) is 2.37. The fraction of sp³-hybridized carbons (Fsp3) is 0.286. The zero-order valence-corrected chi connectivity index (χ0v) is 16.5. The van der Waals surface area contributed by atoms with Gasteiger partial charge in [-0.15, -0.1) is 0 Å². The lowest BCUT2D eigenvalue weighted by atomic mass is 10.1. The predicted molar refractivity (Wildman–Crippen MR) is 108 cm³/mol. The molecule has 0 saturated carbocycles. The molecule has 148 valence electrons. The molecule has 0 aliphatic rings. The molecular formula is C21H25N3O4. The van der Waals surface area contributed by atoms with Crippen LogP contribution in [-0.4, -0.2) is 30.1 Å². The number of alkyl carbamates (subject to hydrolysis) is 1. The molecule has 3 amide bonds. The molecule has 0 atom stereocenters. The lowest BCUT2D eigenvalue weighted by Crippen LogP contribution is -2.37. The Labute approximate surface area is 164 Å². The Kier molecular flexibility index (Phi) is 6.76. The summed E-state index contributed by atoms with van der Waals surface area (Å²) in [5.74, 6) is -0.638. The fourth-order valence-corrected chi connectivity index (χ4v) is 2.37. The molecule has 2 rings (SSSR count). The second-order valence-electron chi connectivity index (χ2n) is 7.25. The van der Waals surface area contributed by atoms with Gasteiger partial charge < -0.3 is 20.7 Å². The summed E-state index contributed by atoms with van der Waals surface area (Å²) < 4.78 is 5.08. The summed E-state index contributed by atoms with van der Waals surface area (Å²) in [4.78, 5) is 36.0. The lowest BCUT2D eigenvalue weighted by molar-refractivity contribution is -0.115. The normalized spacial score (nSPS) is 10.7. The topological polar surface area (TPSA) is 96.5 Å². The van der Waals surface area contributed by atoms with E-state index in [1.807, 2.05) is 19.1 Å². The number of carbonyl (C=O) groups is 3. The highest BCUT2D eigenvalue weighted by molar-refractivity contribution is 6.05. The molecule has 0 bridgehead atoms. The number of amides is 3. The summed E-state index contributed by atoms with van der Waals surface area (Å²) in [5.41, 5.74) is 1.87. The van der Waals surface area contributed by atoms with E-state index in [-0.39, 0.29) is 12.5 Å². The second-order valence-corrected chi connectivity index (χ2v) is 7.25. The number of carbonyl (C=O) groups excluding carboxylic acids is 3. The number of ether oxygens (including phenoxy) is 1. The van der Waals surface area contributed by atoms with Crippen molar-refractivity contribution in [1.82, 2.24) is 5.32 Å². The van der Waals surface area contributed by atoms with Gasteiger partial charge in [0.2, 0.25) is 5.91 Å². The van der Waals surface area contributed by atoms with Crippen molar-refractivity contribution in [3.05, 3.63) is 59.7 Å². The van der Waals surface area contributed by atoms with Gasteiger partial charge in [-0.25, -0.2) is 4.79 Å². The van der Waals surface area contributed by atoms with Gasteiger partial charge in [0.25, 0.3) is 5.91 Å². The van der Waals surface area contributed by atoms with Crippen LogP contribution in [0.1, 0.15) is 36.7 Å². The largest absolute Gasteiger partial charge is 0.444 e. The third kappa shape index (κ3) is 6.75. The van der Waals surface area contributed by atoms with Crippen LogP contribution in [0, 0.1) is 6.92 Å². The highest BCUT2D eigenvalue weighted by Gasteiger charge is 2.16. The molecule has 7 nitrogen and oxygen atoms in total. The molecule has 0 saturated heterocycles. The average molecular weight is 383 g/mol. The Morgan fingerprint density at radius 2 is 1.57 bits per heavy atom. The highest BCUT2D eigenvalue weighted by atomic mass is 16.6. The van der Waals surface area contributed by atoms with E-state index in [2.05, 4.69) is 16.0 Å². The van der Waals surface area contributed by atoms with E-state index in [9.17, 15) is 14.4 Å². The Balaban J connectivity index is 1.92. The van der Waals surface area contributed by atoms with Gasteiger partial charge in [0, 0.05) is 16.9 Å². The third-order valence-electron chi connectivity index (χ3n) is 3.59. The number of benzene rings is 2. The second kappa shape index (κ2) is 9.03. The molecule has 0 spiro atoms. The van der Waals surface area contributed by atoms with Crippen molar-refractivity contribution in [2.24, 2.45) is 0 Å². The number of aryl methyl sites for hydroxylation is 1. The molecular weight excluding hydrogens is 358 g/mol. The predicted octanol–water partition coefficient (Wildman–Crippen LogP) is 3.71. The van der Waals surface area contributed by atoms with E-state index < -0.39 is 17.6 Å². The first-order valence-electron chi connectivity index (χ1n) is 8.88. The van der Waals surface area contributed by atoms with Crippen LogP contribution < -0.4 is 16.0 Å². The first-order chi connectivity index (χ1) is 13.1. The van der Waals surface area contributed by atoms with Crippen LogP contribution >= 0.6 is 0 Å². The molecule has 28 heavy (non-hydrogen) atoms. The van der Waals surface area contributed by atoms with E-state index in [4.69, 9.17) is 4.74 Å². The van der Waals surface area contributed by atoms with Crippen molar-refractivity contribution < 1.29 is 19.1 Å². The van der Waals surface area contributed by atoms with Crippen molar-refractivity contribution in [3.63, 3.8) is 0 Å². The summed E-state index contributed by atoms with van der Waals surface area (Å²) in [6.45, 7) is 6.86. The molecule has 0 aromatic heterocycles.